The predicted molar refractivity (Wildman–Crippen MR) is 198 cm³/mol. The topological polar surface area (TPSA) is 298 Å². The monoisotopic (exact) mass is 847 g/mol. The lowest BCUT2D eigenvalue weighted by Crippen LogP contribution is -2.29. The molecule has 0 amide bonds. The molecule has 55 heavy (non-hydrogen) atoms. The van der Waals surface area contributed by atoms with Gasteiger partial charge in [-0.25, -0.2) is 9.59 Å². The van der Waals surface area contributed by atoms with Crippen molar-refractivity contribution >= 4 is 69.5 Å². The molecule has 0 bridgehead atoms. The number of carboxylic acids is 2. The second kappa shape index (κ2) is 15.0. The number of hydrogen-bond acceptors (Lipinski definition) is 11. The van der Waals surface area contributed by atoms with E-state index in [0.29, 0.717) is 11.4 Å². The molecule has 6 N–H and O–H groups in total. The van der Waals surface area contributed by atoms with Gasteiger partial charge in [-0.2, -0.15) is 38.2 Å². The number of carbonyl (C=O) groups is 2. The third-order valence-electron chi connectivity index (χ3n) is 9.23. The SMILES string of the molecule is CC1(C)C(/C=C/C=C/C=C2/N(CCCS(=O)(=O)O)c3cc(S(=O)(=O)O)cc(C(=O)O)c3C2(C)C)=[N+](CCCS(=O)(=O)O)c2cc(S(=O)(=O)O)cc(C(=O)O)c21. The van der Waals surface area contributed by atoms with E-state index < -0.39 is 95.7 Å². The van der Waals surface area contributed by atoms with Crippen molar-refractivity contribution < 1.29 is 76.3 Å². The van der Waals surface area contributed by atoms with Crippen LogP contribution in [0.25, 0.3) is 0 Å². The van der Waals surface area contributed by atoms with Crippen LogP contribution >= 0.6 is 0 Å². The van der Waals surface area contributed by atoms with Crippen molar-refractivity contribution in [1.82, 2.24) is 0 Å². The van der Waals surface area contributed by atoms with Crippen LogP contribution < -0.4 is 4.90 Å². The fourth-order valence-electron chi connectivity index (χ4n) is 7.01. The van der Waals surface area contributed by atoms with Crippen LogP contribution in [0.3, 0.4) is 0 Å². The van der Waals surface area contributed by atoms with E-state index in [2.05, 4.69) is 0 Å². The van der Waals surface area contributed by atoms with Gasteiger partial charge in [0.1, 0.15) is 11.4 Å². The zero-order valence-electron chi connectivity index (χ0n) is 29.7. The van der Waals surface area contributed by atoms with Crippen LogP contribution in [0.1, 0.15) is 72.4 Å². The molecular weight excluding hydrogens is 809 g/mol. The summed E-state index contributed by atoms with van der Waals surface area (Å²) < 4.78 is 134. The first-order valence-corrected chi connectivity index (χ1v) is 22.3. The summed E-state index contributed by atoms with van der Waals surface area (Å²) in [5.41, 5.74) is -2.00. The molecule has 0 saturated heterocycles. The third-order valence-corrected chi connectivity index (χ3v) is 12.5. The van der Waals surface area contributed by atoms with Crippen LogP contribution in [-0.2, 0) is 51.3 Å². The Kier molecular flexibility index (Phi) is 11.8. The minimum Gasteiger partial charge on any atom is -0.478 e. The lowest BCUT2D eigenvalue weighted by atomic mass is 9.79. The summed E-state index contributed by atoms with van der Waals surface area (Å²) in [6.45, 7) is 6.29. The first-order valence-electron chi connectivity index (χ1n) is 16.2. The van der Waals surface area contributed by atoms with Crippen molar-refractivity contribution in [3.63, 3.8) is 0 Å². The number of allylic oxidation sites excluding steroid dienone is 6. The van der Waals surface area contributed by atoms with E-state index in [0.717, 1.165) is 24.3 Å². The summed E-state index contributed by atoms with van der Waals surface area (Å²) in [7, 11) is -18.6. The highest BCUT2D eigenvalue weighted by Gasteiger charge is 2.48. The summed E-state index contributed by atoms with van der Waals surface area (Å²) in [5.74, 6) is -4.36. The Morgan fingerprint density at radius 3 is 1.71 bits per heavy atom. The van der Waals surface area contributed by atoms with Crippen LogP contribution in [0.4, 0.5) is 11.4 Å². The first kappa shape index (κ1) is 43.4. The summed E-state index contributed by atoms with van der Waals surface area (Å²) >= 11 is 0. The number of nitrogens with zero attached hydrogens (tertiary/aromatic N) is 2. The van der Waals surface area contributed by atoms with Gasteiger partial charge in [0.25, 0.3) is 40.5 Å². The van der Waals surface area contributed by atoms with E-state index in [1.807, 2.05) is 0 Å². The highest BCUT2D eigenvalue weighted by molar-refractivity contribution is 7.86. The number of aromatic carboxylic acids is 2. The van der Waals surface area contributed by atoms with Crippen molar-refractivity contribution in [3.8, 4) is 0 Å². The molecule has 0 aliphatic carbocycles. The molecule has 2 aromatic rings. The average Bonchev–Trinajstić information content (AvgIpc) is 3.36. The standard InChI is InChI=1S/C33H38N2O16S4/c1-32(2)26(34(12-8-14-52(40,41)42)24-18-20(54(46,47)48)16-22(28(24)32)30(36)37)10-6-5-7-11-27-33(3,4)29-23(31(38)39)17-21(55(49,50)51)19-25(29)35(27)13-9-15-53(43,44)45/h5-7,10-11,16-19H,8-9,12-15H2,1-4H3,(H5-,36,37,38,39,40,41,42,43,44,45,46,47,48,49,50,51)/p+1. The zero-order valence-corrected chi connectivity index (χ0v) is 33.0. The van der Waals surface area contributed by atoms with Crippen LogP contribution in [0.5, 0.6) is 0 Å². The Hall–Kier alpha value is -4.29. The molecule has 2 aliphatic rings. The molecule has 2 heterocycles. The quantitative estimate of drug-likeness (QED) is 0.0851. The largest absolute Gasteiger partial charge is 0.478 e. The van der Waals surface area contributed by atoms with Crippen LogP contribution in [0, 0.1) is 0 Å². The molecule has 0 fully saturated rings. The minimum absolute atomic E-state index is 0.0584. The van der Waals surface area contributed by atoms with Gasteiger partial charge in [-0.05, 0) is 44.5 Å². The normalized spacial score (nSPS) is 17.7. The Morgan fingerprint density at radius 1 is 0.691 bits per heavy atom. The lowest BCUT2D eigenvalue weighted by molar-refractivity contribution is -0.437. The Morgan fingerprint density at radius 2 is 1.20 bits per heavy atom. The van der Waals surface area contributed by atoms with Gasteiger partial charge in [0, 0.05) is 47.5 Å². The van der Waals surface area contributed by atoms with Gasteiger partial charge in [0.05, 0.1) is 38.5 Å². The summed E-state index contributed by atoms with van der Waals surface area (Å²) in [4.78, 5) is 24.7. The minimum atomic E-state index is -4.89. The Labute approximate surface area is 317 Å². The van der Waals surface area contributed by atoms with Crippen LogP contribution in [0.2, 0.25) is 0 Å². The number of carboxylic acid groups (broad SMARTS) is 2. The first-order chi connectivity index (χ1) is 25.0. The highest BCUT2D eigenvalue weighted by atomic mass is 32.2. The average molecular weight is 848 g/mol. The maximum atomic E-state index is 12.3. The van der Waals surface area contributed by atoms with Gasteiger partial charge in [-0.1, -0.05) is 32.1 Å². The molecule has 18 nitrogen and oxygen atoms in total. The third kappa shape index (κ3) is 9.40. The molecule has 0 aromatic heterocycles. The Bertz CT molecular complexity index is 2550. The number of hydrogen-bond donors (Lipinski definition) is 6. The summed E-state index contributed by atoms with van der Waals surface area (Å²) in [6.07, 6.45) is 7.27. The summed E-state index contributed by atoms with van der Waals surface area (Å²) in [5, 5.41) is 20.1. The molecule has 0 atom stereocenters. The second-order valence-electron chi connectivity index (χ2n) is 13.8. The molecule has 2 aromatic carbocycles. The Balaban J connectivity index is 1.85. The maximum absolute atomic E-state index is 12.3. The highest BCUT2D eigenvalue weighted by Crippen LogP contribution is 2.50. The second-order valence-corrected chi connectivity index (χ2v) is 19.8. The smallest absolute Gasteiger partial charge is 0.336 e. The number of fused-ring (bicyclic) bond motifs is 2. The maximum Gasteiger partial charge on any atom is 0.336 e. The van der Waals surface area contributed by atoms with E-state index >= 15 is 0 Å². The van der Waals surface area contributed by atoms with Crippen molar-refractivity contribution in [2.24, 2.45) is 0 Å². The van der Waals surface area contributed by atoms with Gasteiger partial charge in [0.15, 0.2) is 5.71 Å². The van der Waals surface area contributed by atoms with Gasteiger partial charge < -0.3 is 15.1 Å². The molecule has 0 radical (unpaired) electrons. The van der Waals surface area contributed by atoms with E-state index in [-0.39, 0.29) is 48.4 Å². The van der Waals surface area contributed by atoms with Crippen LogP contribution in [-0.4, -0.2) is 109 Å². The number of benzene rings is 2. The van der Waals surface area contributed by atoms with E-state index in [9.17, 15) is 71.7 Å². The van der Waals surface area contributed by atoms with E-state index in [1.165, 1.54) is 27.7 Å². The number of anilines is 1. The van der Waals surface area contributed by atoms with Gasteiger partial charge in [-0.3, -0.25) is 18.2 Å². The molecule has 22 heteroatoms. The number of rotatable bonds is 15. The molecule has 0 spiro atoms. The van der Waals surface area contributed by atoms with Gasteiger partial charge in [0.2, 0.25) is 5.69 Å². The van der Waals surface area contributed by atoms with Gasteiger partial charge >= 0.3 is 11.9 Å². The molecule has 300 valence electrons. The predicted octanol–water partition coefficient (Wildman–Crippen LogP) is 3.30. The van der Waals surface area contributed by atoms with Crippen LogP contribution in [0.15, 0.2) is 70.1 Å². The van der Waals surface area contributed by atoms with E-state index in [4.69, 9.17) is 0 Å². The molecule has 0 saturated carbocycles. The van der Waals surface area contributed by atoms with E-state index in [1.54, 1.807) is 39.8 Å². The molecular formula is C33H39N2O16S4+. The van der Waals surface area contributed by atoms with Crippen molar-refractivity contribution in [2.45, 2.75) is 61.2 Å². The fourth-order valence-corrected chi connectivity index (χ4v) is 9.06. The van der Waals surface area contributed by atoms with Crippen molar-refractivity contribution in [3.05, 3.63) is 82.6 Å². The molecule has 4 rings (SSSR count). The van der Waals surface area contributed by atoms with Crippen molar-refractivity contribution in [2.75, 3.05) is 29.5 Å². The molecule has 0 unspecified atom stereocenters. The lowest BCUT2D eigenvalue weighted by Gasteiger charge is -2.27. The summed E-state index contributed by atoms with van der Waals surface area (Å²) in [6, 6.07) is 3.74. The van der Waals surface area contributed by atoms with Crippen molar-refractivity contribution in [1.29, 1.82) is 0 Å². The van der Waals surface area contributed by atoms with Gasteiger partial charge in [-0.15, -0.1) is 0 Å². The zero-order chi connectivity index (χ0) is 41.7. The fraction of sp³-hybridized carbons (Fsp3) is 0.364. The molecule has 2 aliphatic heterocycles.